The number of nitrogens with zero attached hydrogens (tertiary/aromatic N) is 4. The molecule has 1 unspecified atom stereocenters. The Hall–Kier alpha value is -3.21. The maximum atomic E-state index is 4.72. The molecule has 5 nitrogen and oxygen atoms in total. The van der Waals surface area contributed by atoms with Crippen molar-refractivity contribution < 1.29 is 0 Å². The number of pyridine rings is 1. The molecule has 0 fully saturated rings. The Morgan fingerprint density at radius 1 is 1.00 bits per heavy atom. The minimum Gasteiger partial charge on any atom is -0.363 e. The van der Waals surface area contributed by atoms with Crippen LogP contribution in [0.4, 0.5) is 5.82 Å². The molecule has 1 atom stereocenters. The number of aromatic nitrogens is 4. The maximum absolute atomic E-state index is 4.72. The van der Waals surface area contributed by atoms with E-state index >= 15 is 0 Å². The summed E-state index contributed by atoms with van der Waals surface area (Å²) in [6.45, 7) is 2.16. The predicted octanol–water partition coefficient (Wildman–Crippen LogP) is 4.35. The Balaban J connectivity index is 1.77. The van der Waals surface area contributed by atoms with E-state index in [2.05, 4.69) is 40.5 Å². The van der Waals surface area contributed by atoms with Crippen LogP contribution >= 0.6 is 0 Å². The molecule has 0 aliphatic heterocycles. The summed E-state index contributed by atoms with van der Waals surface area (Å²) in [5, 5.41) is 8.03. The van der Waals surface area contributed by atoms with Crippen molar-refractivity contribution >= 4 is 11.5 Å². The quantitative estimate of drug-likeness (QED) is 0.591. The largest absolute Gasteiger partial charge is 0.363 e. The summed E-state index contributed by atoms with van der Waals surface area (Å²) in [5.41, 5.74) is 4.05. The molecule has 25 heavy (non-hydrogen) atoms. The first-order valence-electron chi connectivity index (χ1n) is 8.42. The average molecular weight is 329 g/mol. The molecule has 1 aromatic carbocycles. The lowest BCUT2D eigenvalue weighted by molar-refractivity contribution is 0.734. The fourth-order valence-corrected chi connectivity index (χ4v) is 2.97. The Morgan fingerprint density at radius 2 is 1.80 bits per heavy atom. The van der Waals surface area contributed by atoms with Crippen LogP contribution in [0.25, 0.3) is 16.9 Å². The van der Waals surface area contributed by atoms with Crippen LogP contribution in [0.5, 0.6) is 0 Å². The number of hydrogen-bond acceptors (Lipinski definition) is 4. The second kappa shape index (κ2) is 6.73. The molecule has 3 heterocycles. The number of fused-ring (bicyclic) bond motifs is 1. The zero-order chi connectivity index (χ0) is 17.1. The van der Waals surface area contributed by atoms with Crippen LogP contribution in [0.15, 0.2) is 73.2 Å². The lowest BCUT2D eigenvalue weighted by Crippen LogP contribution is -2.13. The van der Waals surface area contributed by atoms with Gasteiger partial charge in [-0.25, -0.2) is 4.98 Å². The lowest BCUT2D eigenvalue weighted by atomic mass is 10.1. The molecule has 0 saturated carbocycles. The highest BCUT2D eigenvalue weighted by Crippen LogP contribution is 2.26. The number of rotatable bonds is 5. The third-order valence-corrected chi connectivity index (χ3v) is 4.27. The first kappa shape index (κ1) is 15.3. The Labute approximate surface area is 146 Å². The van der Waals surface area contributed by atoms with Gasteiger partial charge in [0.05, 0.1) is 17.9 Å². The van der Waals surface area contributed by atoms with Gasteiger partial charge in [0.25, 0.3) is 0 Å². The van der Waals surface area contributed by atoms with E-state index in [-0.39, 0.29) is 6.04 Å². The minimum atomic E-state index is 0.182. The van der Waals surface area contributed by atoms with E-state index < -0.39 is 0 Å². The lowest BCUT2D eigenvalue weighted by Gasteiger charge is -2.19. The highest BCUT2D eigenvalue weighted by atomic mass is 15.3. The van der Waals surface area contributed by atoms with Crippen molar-refractivity contribution in [3.05, 3.63) is 78.8 Å². The average Bonchev–Trinajstić information content (AvgIpc) is 3.16. The van der Waals surface area contributed by atoms with Crippen LogP contribution in [-0.4, -0.2) is 19.6 Å². The van der Waals surface area contributed by atoms with Crippen molar-refractivity contribution in [2.45, 2.75) is 19.4 Å². The fourth-order valence-electron chi connectivity index (χ4n) is 2.97. The summed E-state index contributed by atoms with van der Waals surface area (Å²) in [7, 11) is 0. The van der Waals surface area contributed by atoms with Crippen LogP contribution in [0.3, 0.4) is 0 Å². The summed E-state index contributed by atoms with van der Waals surface area (Å²) in [6, 6.07) is 18.4. The van der Waals surface area contributed by atoms with Crippen molar-refractivity contribution in [3.8, 4) is 11.3 Å². The smallest absolute Gasteiger partial charge is 0.157 e. The number of hydrogen-bond donors (Lipinski definition) is 1. The van der Waals surface area contributed by atoms with Gasteiger partial charge in [0.2, 0.25) is 0 Å². The van der Waals surface area contributed by atoms with Crippen LogP contribution in [0.1, 0.15) is 24.9 Å². The molecule has 4 aromatic rings. The summed E-state index contributed by atoms with van der Waals surface area (Å²) in [4.78, 5) is 8.83. The summed E-state index contributed by atoms with van der Waals surface area (Å²) >= 11 is 0. The molecule has 0 aliphatic rings. The third kappa shape index (κ3) is 3.08. The molecule has 0 spiro atoms. The fraction of sp³-hybridized carbons (Fsp3) is 0.150. The van der Waals surface area contributed by atoms with E-state index in [0.29, 0.717) is 0 Å². The van der Waals surface area contributed by atoms with Gasteiger partial charge in [0.15, 0.2) is 5.65 Å². The Morgan fingerprint density at radius 3 is 2.56 bits per heavy atom. The Bertz CT molecular complexity index is 963. The zero-order valence-corrected chi connectivity index (χ0v) is 14.0. The van der Waals surface area contributed by atoms with Crippen LogP contribution in [0.2, 0.25) is 0 Å². The molecule has 4 rings (SSSR count). The summed E-state index contributed by atoms with van der Waals surface area (Å²) in [5.74, 6) is 0.928. The predicted molar refractivity (Wildman–Crippen MR) is 99.3 cm³/mol. The molecular weight excluding hydrogens is 310 g/mol. The first-order valence-corrected chi connectivity index (χ1v) is 8.42. The molecule has 5 heteroatoms. The highest BCUT2D eigenvalue weighted by Gasteiger charge is 2.13. The molecule has 0 radical (unpaired) electrons. The van der Waals surface area contributed by atoms with Crippen molar-refractivity contribution in [3.63, 3.8) is 0 Å². The van der Waals surface area contributed by atoms with Crippen molar-refractivity contribution in [1.29, 1.82) is 0 Å². The van der Waals surface area contributed by atoms with Crippen LogP contribution in [-0.2, 0) is 0 Å². The van der Waals surface area contributed by atoms with Crippen LogP contribution in [0, 0.1) is 0 Å². The first-order chi connectivity index (χ1) is 12.3. The zero-order valence-electron chi connectivity index (χ0n) is 14.0. The van der Waals surface area contributed by atoms with Gasteiger partial charge >= 0.3 is 0 Å². The minimum absolute atomic E-state index is 0.182. The van der Waals surface area contributed by atoms with Crippen molar-refractivity contribution in [2.75, 3.05) is 5.32 Å². The Kier molecular flexibility index (Phi) is 4.12. The molecule has 0 amide bonds. The SMILES string of the molecule is CCC(Nc1cc(-c2ccccc2)nc2ccnn12)c1ccncc1. The second-order valence-electron chi connectivity index (χ2n) is 5.88. The molecule has 0 saturated heterocycles. The number of benzene rings is 1. The maximum Gasteiger partial charge on any atom is 0.157 e. The van der Waals surface area contributed by atoms with E-state index in [9.17, 15) is 0 Å². The highest BCUT2D eigenvalue weighted by molar-refractivity contribution is 5.66. The number of anilines is 1. The van der Waals surface area contributed by atoms with E-state index in [1.165, 1.54) is 5.56 Å². The second-order valence-corrected chi connectivity index (χ2v) is 5.88. The molecule has 0 aliphatic carbocycles. The van der Waals surface area contributed by atoms with Gasteiger partial charge in [-0.1, -0.05) is 37.3 Å². The van der Waals surface area contributed by atoms with E-state index in [0.717, 1.165) is 29.1 Å². The molecular formula is C20H19N5. The van der Waals surface area contributed by atoms with Gasteiger partial charge in [0.1, 0.15) is 5.82 Å². The van der Waals surface area contributed by atoms with Gasteiger partial charge in [-0.2, -0.15) is 9.61 Å². The summed E-state index contributed by atoms with van der Waals surface area (Å²) in [6.07, 6.45) is 6.38. The molecule has 0 bridgehead atoms. The monoisotopic (exact) mass is 329 g/mol. The van der Waals surface area contributed by atoms with E-state index in [4.69, 9.17) is 4.98 Å². The third-order valence-electron chi connectivity index (χ3n) is 4.27. The van der Waals surface area contributed by atoms with Crippen molar-refractivity contribution in [1.82, 2.24) is 19.6 Å². The van der Waals surface area contributed by atoms with E-state index in [1.807, 2.05) is 53.3 Å². The van der Waals surface area contributed by atoms with Gasteiger partial charge in [-0.3, -0.25) is 4.98 Å². The standard InChI is InChI=1S/C20H19N5/c1-2-17(16-8-11-21-12-9-16)23-20-14-18(15-6-4-3-5-7-15)24-19-10-13-22-25(19)20/h3-14,17,23H,2H2,1H3. The molecule has 1 N–H and O–H groups in total. The normalized spacial score (nSPS) is 12.2. The van der Waals surface area contributed by atoms with E-state index in [1.54, 1.807) is 6.20 Å². The van der Waals surface area contributed by atoms with Gasteiger partial charge in [-0.15, -0.1) is 0 Å². The van der Waals surface area contributed by atoms with Gasteiger partial charge < -0.3 is 5.32 Å². The molecule has 124 valence electrons. The van der Waals surface area contributed by atoms with Crippen LogP contribution < -0.4 is 5.32 Å². The molecule has 3 aromatic heterocycles. The summed E-state index contributed by atoms with van der Waals surface area (Å²) < 4.78 is 1.84. The topological polar surface area (TPSA) is 55.1 Å². The van der Waals surface area contributed by atoms with Gasteiger partial charge in [-0.05, 0) is 24.1 Å². The van der Waals surface area contributed by atoms with Crippen molar-refractivity contribution in [2.24, 2.45) is 0 Å². The number of nitrogens with one attached hydrogen (secondary N) is 1. The van der Waals surface area contributed by atoms with Gasteiger partial charge in [0, 0.05) is 30.1 Å².